The monoisotopic (exact) mass is 400 g/mol. The van der Waals surface area contributed by atoms with Gasteiger partial charge in [-0.15, -0.1) is 0 Å². The van der Waals surface area contributed by atoms with Crippen LogP contribution >= 0.6 is 11.6 Å². The Bertz CT molecular complexity index is 1000. The van der Waals surface area contributed by atoms with Gasteiger partial charge in [-0.25, -0.2) is 18.0 Å². The lowest BCUT2D eigenvalue weighted by atomic mass is 10.1. The number of anilines is 1. The van der Waals surface area contributed by atoms with E-state index in [4.69, 9.17) is 21.8 Å². The van der Waals surface area contributed by atoms with Crippen LogP contribution in [0.3, 0.4) is 0 Å². The van der Waals surface area contributed by atoms with Crippen molar-refractivity contribution >= 4 is 44.9 Å². The van der Waals surface area contributed by atoms with Crippen molar-refractivity contribution in [3.05, 3.63) is 62.7 Å². The van der Waals surface area contributed by atoms with Gasteiger partial charge >= 0.3 is 11.9 Å². The van der Waals surface area contributed by atoms with Gasteiger partial charge in [-0.3, -0.25) is 14.8 Å². The van der Waals surface area contributed by atoms with Crippen molar-refractivity contribution < 1.29 is 33.1 Å². The van der Waals surface area contributed by atoms with E-state index < -0.39 is 48.6 Å². The highest BCUT2D eigenvalue weighted by atomic mass is 35.5. The third-order valence-corrected chi connectivity index (χ3v) is 4.80. The minimum Gasteiger partial charge on any atom is -0.478 e. The first kappa shape index (κ1) is 19.1. The molecular weight excluding hydrogens is 392 g/mol. The third-order valence-electron chi connectivity index (χ3n) is 3.10. The molecule has 10 nitrogen and oxygen atoms in total. The Kier molecular flexibility index (Phi) is 5.14. The predicted molar refractivity (Wildman–Crippen MR) is 89.3 cm³/mol. The van der Waals surface area contributed by atoms with E-state index in [0.717, 1.165) is 36.4 Å². The maximum Gasteiger partial charge on any atom is 0.335 e. The average Bonchev–Trinajstić information content (AvgIpc) is 2.53. The van der Waals surface area contributed by atoms with E-state index in [2.05, 4.69) is 0 Å². The molecule has 2 aromatic rings. The fraction of sp³-hybridized carbons (Fsp3) is 0. The molecular formula is C14H9ClN2O8S. The second-order valence-corrected chi connectivity index (χ2v) is 6.97. The molecule has 26 heavy (non-hydrogen) atoms. The molecule has 0 aromatic heterocycles. The van der Waals surface area contributed by atoms with Gasteiger partial charge in [0.25, 0.3) is 15.7 Å². The summed E-state index contributed by atoms with van der Waals surface area (Å²) >= 11 is 5.63. The van der Waals surface area contributed by atoms with Crippen molar-refractivity contribution in [3.8, 4) is 0 Å². The number of nitro groups is 1. The highest BCUT2D eigenvalue weighted by molar-refractivity contribution is 7.92. The summed E-state index contributed by atoms with van der Waals surface area (Å²) in [6.07, 6.45) is 0. The molecule has 2 aromatic carbocycles. The molecule has 12 heteroatoms. The number of carboxylic acid groups (broad SMARTS) is 2. The standard InChI is InChI=1S/C14H9ClN2O8S/c15-11-2-1-10(6-12(11)17(22)23)26(24,25)16-9-4-7(13(18)19)3-8(5-9)14(20)21/h1-6,16H,(H,18,19)(H,20,21). The molecule has 2 rings (SSSR count). The maximum absolute atomic E-state index is 12.4. The van der Waals surface area contributed by atoms with Gasteiger partial charge in [0.2, 0.25) is 0 Å². The number of sulfonamides is 1. The first-order valence-corrected chi connectivity index (χ1v) is 8.46. The summed E-state index contributed by atoms with van der Waals surface area (Å²) in [5.41, 5.74) is -1.88. The minimum absolute atomic E-state index is 0.269. The van der Waals surface area contributed by atoms with Crippen LogP contribution in [0.2, 0.25) is 5.02 Å². The third kappa shape index (κ3) is 4.07. The number of halogens is 1. The first-order valence-electron chi connectivity index (χ1n) is 6.59. The molecule has 3 N–H and O–H groups in total. The number of hydrogen-bond acceptors (Lipinski definition) is 6. The molecule has 0 aliphatic carbocycles. The van der Waals surface area contributed by atoms with E-state index in [1.165, 1.54) is 0 Å². The number of carboxylic acids is 2. The van der Waals surface area contributed by atoms with E-state index in [1.807, 2.05) is 4.72 Å². The van der Waals surface area contributed by atoms with Crippen LogP contribution in [0.25, 0.3) is 0 Å². The van der Waals surface area contributed by atoms with Gasteiger partial charge in [0.05, 0.1) is 26.6 Å². The number of benzene rings is 2. The van der Waals surface area contributed by atoms with E-state index in [-0.39, 0.29) is 10.7 Å². The Morgan fingerprint density at radius 1 is 1.04 bits per heavy atom. The van der Waals surface area contributed by atoms with Gasteiger partial charge in [0, 0.05) is 6.07 Å². The van der Waals surface area contributed by atoms with Gasteiger partial charge in [-0.2, -0.15) is 0 Å². The molecule has 0 bridgehead atoms. The topological polar surface area (TPSA) is 164 Å². The van der Waals surface area contributed by atoms with Gasteiger partial charge < -0.3 is 10.2 Å². The molecule has 0 unspecified atom stereocenters. The van der Waals surface area contributed by atoms with Crippen molar-refractivity contribution in [2.75, 3.05) is 4.72 Å². The second-order valence-electron chi connectivity index (χ2n) is 4.89. The van der Waals surface area contributed by atoms with Gasteiger partial charge in [-0.05, 0) is 30.3 Å². The molecule has 0 fully saturated rings. The molecule has 0 radical (unpaired) electrons. The van der Waals surface area contributed by atoms with Crippen molar-refractivity contribution in [1.29, 1.82) is 0 Å². The van der Waals surface area contributed by atoms with Crippen LogP contribution in [0, 0.1) is 10.1 Å². The van der Waals surface area contributed by atoms with Crippen LogP contribution < -0.4 is 4.72 Å². The van der Waals surface area contributed by atoms with Crippen molar-refractivity contribution in [1.82, 2.24) is 0 Å². The fourth-order valence-electron chi connectivity index (χ4n) is 1.95. The van der Waals surface area contributed by atoms with Crippen LogP contribution in [0.15, 0.2) is 41.3 Å². The number of aromatic carboxylic acids is 2. The zero-order valence-electron chi connectivity index (χ0n) is 12.5. The number of nitro benzene ring substituents is 1. The second kappa shape index (κ2) is 6.98. The fourth-order valence-corrected chi connectivity index (χ4v) is 3.19. The van der Waals surface area contributed by atoms with Crippen molar-refractivity contribution in [2.24, 2.45) is 0 Å². The van der Waals surface area contributed by atoms with Crippen LogP contribution in [-0.4, -0.2) is 35.5 Å². The van der Waals surface area contributed by atoms with E-state index in [0.29, 0.717) is 0 Å². The summed E-state index contributed by atoms with van der Waals surface area (Å²) in [6.45, 7) is 0. The Morgan fingerprint density at radius 2 is 1.58 bits per heavy atom. The average molecular weight is 401 g/mol. The number of nitrogens with zero attached hydrogens (tertiary/aromatic N) is 1. The molecule has 0 aliphatic heterocycles. The number of hydrogen-bond donors (Lipinski definition) is 3. The van der Waals surface area contributed by atoms with Crippen LogP contribution in [0.5, 0.6) is 0 Å². The summed E-state index contributed by atoms with van der Waals surface area (Å²) in [6, 6.07) is 5.44. The maximum atomic E-state index is 12.4. The van der Waals surface area contributed by atoms with E-state index in [1.54, 1.807) is 0 Å². The summed E-state index contributed by atoms with van der Waals surface area (Å²) in [7, 11) is -4.37. The summed E-state index contributed by atoms with van der Waals surface area (Å²) in [4.78, 5) is 31.6. The smallest absolute Gasteiger partial charge is 0.335 e. The molecule has 0 atom stereocenters. The Labute approximate surface area is 150 Å². The Hall–Kier alpha value is -3.18. The summed E-state index contributed by atoms with van der Waals surface area (Å²) < 4.78 is 26.7. The lowest BCUT2D eigenvalue weighted by Crippen LogP contribution is -2.14. The SMILES string of the molecule is O=C(O)c1cc(NS(=O)(=O)c2ccc(Cl)c([N+](=O)[O-])c2)cc(C(=O)O)c1. The van der Waals surface area contributed by atoms with Gasteiger partial charge in [0.1, 0.15) is 5.02 Å². The molecule has 0 saturated heterocycles. The quantitative estimate of drug-likeness (QED) is 0.491. The highest BCUT2D eigenvalue weighted by Gasteiger charge is 2.22. The lowest BCUT2D eigenvalue weighted by Gasteiger charge is -2.10. The zero-order chi connectivity index (χ0) is 19.6. The molecule has 0 aliphatic rings. The number of rotatable bonds is 6. The minimum atomic E-state index is -4.37. The molecule has 0 amide bonds. The van der Waals surface area contributed by atoms with Crippen LogP contribution in [-0.2, 0) is 10.0 Å². The van der Waals surface area contributed by atoms with Crippen LogP contribution in [0.4, 0.5) is 11.4 Å². The molecule has 0 heterocycles. The predicted octanol–water partition coefficient (Wildman–Crippen LogP) is 2.45. The first-order chi connectivity index (χ1) is 12.0. The van der Waals surface area contributed by atoms with E-state index in [9.17, 15) is 28.1 Å². The molecule has 0 spiro atoms. The van der Waals surface area contributed by atoms with E-state index >= 15 is 0 Å². The number of carbonyl (C=O) groups is 2. The summed E-state index contributed by atoms with van der Waals surface area (Å²) in [5.74, 6) is -2.92. The molecule has 0 saturated carbocycles. The van der Waals surface area contributed by atoms with Crippen molar-refractivity contribution in [3.63, 3.8) is 0 Å². The van der Waals surface area contributed by atoms with Gasteiger partial charge in [0.15, 0.2) is 0 Å². The molecule has 136 valence electrons. The van der Waals surface area contributed by atoms with Crippen molar-refractivity contribution in [2.45, 2.75) is 4.90 Å². The van der Waals surface area contributed by atoms with Crippen LogP contribution in [0.1, 0.15) is 20.7 Å². The zero-order valence-corrected chi connectivity index (χ0v) is 14.1. The Balaban J connectivity index is 2.50. The number of nitrogens with one attached hydrogen (secondary N) is 1. The Morgan fingerprint density at radius 3 is 2.04 bits per heavy atom. The highest BCUT2D eigenvalue weighted by Crippen LogP contribution is 2.28. The summed E-state index contributed by atoms with van der Waals surface area (Å²) in [5, 5.41) is 28.6. The van der Waals surface area contributed by atoms with Gasteiger partial charge in [-0.1, -0.05) is 11.6 Å². The lowest BCUT2D eigenvalue weighted by molar-refractivity contribution is -0.384. The largest absolute Gasteiger partial charge is 0.478 e. The normalized spacial score (nSPS) is 11.0.